The summed E-state index contributed by atoms with van der Waals surface area (Å²) < 4.78 is 9.45. The van der Waals surface area contributed by atoms with E-state index < -0.39 is 0 Å². The summed E-state index contributed by atoms with van der Waals surface area (Å²) in [4.78, 5) is 18.8. The SMILES string of the molecule is COC(C)c1nc(C)nn1-c1cc(C2C[C@H]2c2nc3ccccc3n2C)nc(C)n1. The number of aryl methyl sites for hydroxylation is 3. The Morgan fingerprint density at radius 1 is 1.03 bits per heavy atom. The molecule has 1 aliphatic carbocycles. The summed E-state index contributed by atoms with van der Waals surface area (Å²) >= 11 is 0. The van der Waals surface area contributed by atoms with Gasteiger partial charge in [0, 0.05) is 32.1 Å². The summed E-state index contributed by atoms with van der Waals surface area (Å²) in [6, 6.07) is 10.3. The van der Waals surface area contributed by atoms with E-state index in [1.807, 2.05) is 32.9 Å². The molecule has 3 heterocycles. The number of fused-ring (bicyclic) bond motifs is 1. The Hall–Kier alpha value is -3.13. The van der Waals surface area contributed by atoms with Crippen LogP contribution in [-0.4, -0.2) is 41.4 Å². The van der Waals surface area contributed by atoms with Crippen molar-refractivity contribution in [3.05, 3.63) is 59.3 Å². The Kier molecular flexibility index (Phi) is 4.39. The smallest absolute Gasteiger partial charge is 0.162 e. The number of hydrogen-bond donors (Lipinski definition) is 0. The van der Waals surface area contributed by atoms with Crippen molar-refractivity contribution in [2.45, 2.75) is 45.1 Å². The fourth-order valence-corrected chi connectivity index (χ4v) is 4.14. The molecule has 0 aliphatic heterocycles. The van der Waals surface area contributed by atoms with Crippen LogP contribution in [0.3, 0.4) is 0 Å². The molecule has 0 amide bonds. The van der Waals surface area contributed by atoms with Crippen molar-refractivity contribution >= 4 is 11.0 Å². The zero-order valence-electron chi connectivity index (χ0n) is 17.9. The Labute approximate surface area is 175 Å². The molecule has 5 rings (SSSR count). The van der Waals surface area contributed by atoms with Crippen molar-refractivity contribution in [2.75, 3.05) is 7.11 Å². The highest BCUT2D eigenvalue weighted by Crippen LogP contribution is 2.54. The number of aromatic nitrogens is 7. The Morgan fingerprint density at radius 3 is 2.60 bits per heavy atom. The number of methoxy groups -OCH3 is 1. The van der Waals surface area contributed by atoms with E-state index in [2.05, 4.69) is 44.9 Å². The molecule has 0 bridgehead atoms. The lowest BCUT2D eigenvalue weighted by Crippen LogP contribution is -2.11. The summed E-state index contributed by atoms with van der Waals surface area (Å²) in [5.41, 5.74) is 3.23. The van der Waals surface area contributed by atoms with Crippen molar-refractivity contribution < 1.29 is 4.74 Å². The number of ether oxygens (including phenoxy) is 1. The van der Waals surface area contributed by atoms with Crippen LogP contribution in [0.15, 0.2) is 30.3 Å². The second kappa shape index (κ2) is 6.98. The molecule has 1 aromatic carbocycles. The third-order valence-corrected chi connectivity index (χ3v) is 5.84. The second-order valence-corrected chi connectivity index (χ2v) is 7.97. The number of imidazole rings is 1. The average molecular weight is 403 g/mol. The first-order valence-electron chi connectivity index (χ1n) is 10.2. The maximum Gasteiger partial charge on any atom is 0.162 e. The van der Waals surface area contributed by atoms with Crippen molar-refractivity contribution in [1.82, 2.24) is 34.3 Å². The second-order valence-electron chi connectivity index (χ2n) is 7.97. The van der Waals surface area contributed by atoms with E-state index in [-0.39, 0.29) is 6.10 Å². The first kappa shape index (κ1) is 18.9. The number of benzene rings is 1. The molecule has 30 heavy (non-hydrogen) atoms. The molecule has 0 radical (unpaired) electrons. The molecule has 3 atom stereocenters. The highest BCUT2D eigenvalue weighted by molar-refractivity contribution is 5.76. The fourth-order valence-electron chi connectivity index (χ4n) is 4.14. The standard InChI is InChI=1S/C22H25N7O/c1-12(30-5)21-25-14(3)27-29(21)20-11-18(23-13(2)24-20)15-10-16(15)22-26-17-8-6-7-9-19(17)28(22)4/h6-9,11-12,15-16H,10H2,1-5H3/t12?,15?,16-/m1/s1. The van der Waals surface area contributed by atoms with E-state index in [1.54, 1.807) is 11.8 Å². The predicted molar refractivity (Wildman–Crippen MR) is 113 cm³/mol. The van der Waals surface area contributed by atoms with Crippen molar-refractivity contribution in [3.8, 4) is 5.82 Å². The molecule has 3 aromatic heterocycles. The van der Waals surface area contributed by atoms with E-state index >= 15 is 0 Å². The van der Waals surface area contributed by atoms with Gasteiger partial charge in [-0.2, -0.15) is 4.68 Å². The molecular weight excluding hydrogens is 378 g/mol. The first-order valence-corrected chi connectivity index (χ1v) is 10.2. The maximum absolute atomic E-state index is 5.47. The van der Waals surface area contributed by atoms with Gasteiger partial charge in [0.25, 0.3) is 0 Å². The molecule has 154 valence electrons. The van der Waals surface area contributed by atoms with Gasteiger partial charge in [-0.1, -0.05) is 12.1 Å². The summed E-state index contributed by atoms with van der Waals surface area (Å²) in [6.07, 6.45) is 0.851. The highest BCUT2D eigenvalue weighted by atomic mass is 16.5. The van der Waals surface area contributed by atoms with Crippen LogP contribution in [-0.2, 0) is 11.8 Å². The molecular formula is C22H25N7O. The zero-order chi connectivity index (χ0) is 21.0. The van der Waals surface area contributed by atoms with E-state index in [9.17, 15) is 0 Å². The Bertz CT molecular complexity index is 1240. The van der Waals surface area contributed by atoms with Gasteiger partial charge in [0.15, 0.2) is 11.6 Å². The van der Waals surface area contributed by atoms with Crippen molar-refractivity contribution in [1.29, 1.82) is 0 Å². The Balaban J connectivity index is 1.50. The first-order chi connectivity index (χ1) is 14.5. The number of rotatable bonds is 5. The molecule has 0 N–H and O–H groups in total. The third-order valence-electron chi connectivity index (χ3n) is 5.84. The van der Waals surface area contributed by atoms with Gasteiger partial charge in [-0.3, -0.25) is 0 Å². The quantitative estimate of drug-likeness (QED) is 0.507. The van der Waals surface area contributed by atoms with Gasteiger partial charge in [-0.15, -0.1) is 5.10 Å². The van der Waals surface area contributed by atoms with Crippen molar-refractivity contribution in [2.24, 2.45) is 7.05 Å². The van der Waals surface area contributed by atoms with Crippen LogP contribution in [0, 0.1) is 13.8 Å². The highest BCUT2D eigenvalue weighted by Gasteiger charge is 2.44. The van der Waals surface area contributed by atoms with Crippen LogP contribution in [0.5, 0.6) is 0 Å². The van der Waals surface area contributed by atoms with Crippen LogP contribution in [0.1, 0.15) is 60.3 Å². The molecule has 8 heteroatoms. The molecule has 1 fully saturated rings. The topological polar surface area (TPSA) is 83.5 Å². The fraction of sp³-hybridized carbons (Fsp3) is 0.409. The molecule has 0 spiro atoms. The monoisotopic (exact) mass is 403 g/mol. The van der Waals surface area contributed by atoms with Gasteiger partial charge in [-0.25, -0.2) is 19.9 Å². The van der Waals surface area contributed by atoms with Crippen LogP contribution in [0.4, 0.5) is 0 Å². The average Bonchev–Trinajstić information content (AvgIpc) is 3.33. The van der Waals surface area contributed by atoms with E-state index in [0.717, 1.165) is 46.4 Å². The van der Waals surface area contributed by atoms with Crippen LogP contribution < -0.4 is 0 Å². The lowest BCUT2D eigenvalue weighted by molar-refractivity contribution is 0.110. The lowest BCUT2D eigenvalue weighted by atomic mass is 10.2. The van der Waals surface area contributed by atoms with Crippen molar-refractivity contribution in [3.63, 3.8) is 0 Å². The van der Waals surface area contributed by atoms with Gasteiger partial charge in [0.1, 0.15) is 23.6 Å². The lowest BCUT2D eigenvalue weighted by Gasteiger charge is -2.12. The third kappa shape index (κ3) is 3.08. The van der Waals surface area contributed by atoms with Gasteiger partial charge < -0.3 is 9.30 Å². The summed E-state index contributed by atoms with van der Waals surface area (Å²) in [5.74, 6) is 4.69. The summed E-state index contributed by atoms with van der Waals surface area (Å²) in [7, 11) is 3.76. The van der Waals surface area contributed by atoms with Gasteiger partial charge in [0.2, 0.25) is 0 Å². The van der Waals surface area contributed by atoms with Crippen LogP contribution in [0.2, 0.25) is 0 Å². The molecule has 0 saturated heterocycles. The minimum Gasteiger partial charge on any atom is -0.374 e. The number of hydrogen-bond acceptors (Lipinski definition) is 6. The zero-order valence-corrected chi connectivity index (χ0v) is 17.9. The van der Waals surface area contributed by atoms with E-state index in [1.165, 1.54) is 0 Å². The number of para-hydroxylation sites is 2. The molecule has 1 aliphatic rings. The largest absolute Gasteiger partial charge is 0.374 e. The van der Waals surface area contributed by atoms with Gasteiger partial charge in [0.05, 0.1) is 16.7 Å². The van der Waals surface area contributed by atoms with E-state index in [0.29, 0.717) is 17.7 Å². The minimum atomic E-state index is -0.182. The molecule has 2 unspecified atom stereocenters. The normalized spacial score (nSPS) is 19.4. The molecule has 4 aromatic rings. The van der Waals surface area contributed by atoms with Gasteiger partial charge in [-0.05, 0) is 39.3 Å². The molecule has 8 nitrogen and oxygen atoms in total. The minimum absolute atomic E-state index is 0.182. The Morgan fingerprint density at radius 2 is 1.83 bits per heavy atom. The van der Waals surface area contributed by atoms with Gasteiger partial charge >= 0.3 is 0 Å². The molecule has 1 saturated carbocycles. The van der Waals surface area contributed by atoms with Crippen LogP contribution in [0.25, 0.3) is 16.9 Å². The summed E-state index contributed by atoms with van der Waals surface area (Å²) in [5, 5.41) is 4.55. The maximum atomic E-state index is 5.47. The predicted octanol–water partition coefficient (Wildman–Crippen LogP) is 3.54. The summed E-state index contributed by atoms with van der Waals surface area (Å²) in [6.45, 7) is 5.75. The number of nitrogens with zero attached hydrogens (tertiary/aromatic N) is 7. The van der Waals surface area contributed by atoms with E-state index in [4.69, 9.17) is 14.7 Å². The van der Waals surface area contributed by atoms with Crippen LogP contribution >= 0.6 is 0 Å².